The topological polar surface area (TPSA) is 77.8 Å². The zero-order valence-corrected chi connectivity index (χ0v) is 16.2. The number of aliphatic hydroxyl groups excluding tert-OH is 1. The van der Waals surface area contributed by atoms with Crippen LogP contribution in [0, 0.1) is 5.82 Å². The summed E-state index contributed by atoms with van der Waals surface area (Å²) in [4.78, 5) is 26.9. The number of anilines is 1. The summed E-state index contributed by atoms with van der Waals surface area (Å²) in [5.41, 5.74) is -0.0590. The molecule has 3 aromatic carbocycles. The summed E-state index contributed by atoms with van der Waals surface area (Å²) in [7, 11) is 0. The number of carbonyl (C=O) groups is 2. The molecule has 1 saturated heterocycles. The monoisotopic (exact) mass is 423 g/mol. The van der Waals surface area contributed by atoms with E-state index in [4.69, 9.17) is 11.6 Å². The number of halogens is 2. The molecular weight excluding hydrogens is 409 g/mol. The number of benzene rings is 3. The Morgan fingerprint density at radius 1 is 0.967 bits per heavy atom. The van der Waals surface area contributed by atoms with Crippen molar-refractivity contribution in [3.05, 3.63) is 100 Å². The molecule has 30 heavy (non-hydrogen) atoms. The van der Waals surface area contributed by atoms with Crippen LogP contribution >= 0.6 is 11.6 Å². The summed E-state index contributed by atoms with van der Waals surface area (Å²) in [6.07, 6.45) is 0. The molecule has 0 aromatic heterocycles. The molecule has 1 amide bonds. The maximum absolute atomic E-state index is 14.8. The van der Waals surface area contributed by atoms with Crippen LogP contribution in [0.3, 0.4) is 0 Å². The minimum atomic E-state index is -1.28. The molecule has 0 aliphatic carbocycles. The number of carbonyl (C=O) groups excluding carboxylic acids is 2. The molecule has 5 nitrogen and oxygen atoms in total. The van der Waals surface area contributed by atoms with E-state index in [0.717, 1.165) is 4.90 Å². The Kier molecular flexibility index (Phi) is 5.01. The normalized spacial score (nSPS) is 18.1. The first kappa shape index (κ1) is 19.7. The van der Waals surface area contributed by atoms with Crippen molar-refractivity contribution in [2.75, 3.05) is 4.90 Å². The molecule has 3 aromatic rings. The van der Waals surface area contributed by atoms with Crippen LogP contribution in [0.2, 0.25) is 5.02 Å². The lowest BCUT2D eigenvalue weighted by molar-refractivity contribution is -0.132. The molecule has 0 spiro atoms. The van der Waals surface area contributed by atoms with Gasteiger partial charge in [0, 0.05) is 16.1 Å². The van der Waals surface area contributed by atoms with Crippen LogP contribution in [-0.4, -0.2) is 21.9 Å². The summed E-state index contributed by atoms with van der Waals surface area (Å²) in [5.74, 6) is -3.40. The van der Waals surface area contributed by atoms with E-state index >= 15 is 0 Å². The Balaban J connectivity index is 2.01. The number of para-hydroxylation sites is 2. The standard InChI is InChI=1S/C23H15ClFNO4/c24-14-7-5-6-13(12-14)21(28)19-20(15-8-1-2-9-16(15)25)26(23(30)22(19)29)17-10-3-4-11-18(17)27/h1-12,20,27-28H/b21-19+. The molecule has 0 radical (unpaired) electrons. The summed E-state index contributed by atoms with van der Waals surface area (Å²) >= 11 is 6.00. The van der Waals surface area contributed by atoms with E-state index in [-0.39, 0.29) is 28.1 Å². The molecule has 0 bridgehead atoms. The Bertz CT molecular complexity index is 1210. The second-order valence-electron chi connectivity index (χ2n) is 6.69. The van der Waals surface area contributed by atoms with Gasteiger partial charge in [-0.25, -0.2) is 4.39 Å². The Hall–Kier alpha value is -3.64. The highest BCUT2D eigenvalue weighted by Gasteiger charge is 2.48. The highest BCUT2D eigenvalue weighted by molar-refractivity contribution is 6.52. The molecule has 0 saturated carbocycles. The van der Waals surface area contributed by atoms with Gasteiger partial charge in [-0.1, -0.05) is 54.1 Å². The SMILES string of the molecule is O=C1C(=O)N(c2ccccc2O)C(c2ccccc2F)/C1=C(\O)c1cccc(Cl)c1. The van der Waals surface area contributed by atoms with E-state index in [1.165, 1.54) is 42.5 Å². The van der Waals surface area contributed by atoms with E-state index in [9.17, 15) is 24.2 Å². The summed E-state index contributed by atoms with van der Waals surface area (Å²) in [6, 6.07) is 16.4. The van der Waals surface area contributed by atoms with Gasteiger partial charge in [0.15, 0.2) is 0 Å². The molecule has 1 atom stereocenters. The molecule has 150 valence electrons. The molecule has 1 unspecified atom stereocenters. The molecular formula is C23H15ClFNO4. The van der Waals surface area contributed by atoms with Crippen LogP contribution in [0.15, 0.2) is 78.4 Å². The number of hydrogen-bond acceptors (Lipinski definition) is 4. The van der Waals surface area contributed by atoms with Crippen molar-refractivity contribution in [3.8, 4) is 5.75 Å². The van der Waals surface area contributed by atoms with Crippen molar-refractivity contribution in [2.24, 2.45) is 0 Å². The number of phenols is 1. The zero-order valence-electron chi connectivity index (χ0n) is 15.4. The number of amides is 1. The van der Waals surface area contributed by atoms with Gasteiger partial charge < -0.3 is 10.2 Å². The first-order chi connectivity index (χ1) is 14.4. The van der Waals surface area contributed by atoms with Crippen LogP contribution in [0.4, 0.5) is 10.1 Å². The minimum Gasteiger partial charge on any atom is -0.507 e. The maximum Gasteiger partial charge on any atom is 0.300 e. The first-order valence-electron chi connectivity index (χ1n) is 8.99. The fourth-order valence-corrected chi connectivity index (χ4v) is 3.72. The lowest BCUT2D eigenvalue weighted by Gasteiger charge is -2.26. The number of hydrogen-bond donors (Lipinski definition) is 2. The number of ketones is 1. The van der Waals surface area contributed by atoms with Crippen molar-refractivity contribution >= 4 is 34.7 Å². The van der Waals surface area contributed by atoms with E-state index in [1.54, 1.807) is 30.3 Å². The van der Waals surface area contributed by atoms with Gasteiger partial charge in [0.05, 0.1) is 17.3 Å². The van der Waals surface area contributed by atoms with Crippen LogP contribution in [0.1, 0.15) is 17.2 Å². The highest BCUT2D eigenvalue weighted by Crippen LogP contribution is 2.45. The van der Waals surface area contributed by atoms with Gasteiger partial charge in [-0.2, -0.15) is 0 Å². The lowest BCUT2D eigenvalue weighted by atomic mass is 9.94. The maximum atomic E-state index is 14.8. The zero-order chi connectivity index (χ0) is 21.4. The van der Waals surface area contributed by atoms with E-state index < -0.39 is 29.3 Å². The van der Waals surface area contributed by atoms with Crippen LogP contribution in [0.25, 0.3) is 5.76 Å². The van der Waals surface area contributed by atoms with Crippen molar-refractivity contribution in [1.29, 1.82) is 0 Å². The molecule has 4 rings (SSSR count). The number of phenolic OH excluding ortho intramolecular Hbond substituents is 1. The fraction of sp³-hybridized carbons (Fsp3) is 0.0435. The fourth-order valence-electron chi connectivity index (χ4n) is 3.53. The third kappa shape index (κ3) is 3.21. The second kappa shape index (κ2) is 7.65. The molecule has 1 fully saturated rings. The number of aliphatic hydroxyl groups is 1. The third-order valence-electron chi connectivity index (χ3n) is 4.88. The molecule has 1 aliphatic heterocycles. The van der Waals surface area contributed by atoms with Crippen molar-refractivity contribution in [3.63, 3.8) is 0 Å². The molecule has 7 heteroatoms. The molecule has 2 N–H and O–H groups in total. The number of rotatable bonds is 3. The number of Topliss-reactive ketones (excluding diaryl/α,β-unsaturated/α-hetero) is 1. The van der Waals surface area contributed by atoms with Crippen molar-refractivity contribution in [1.82, 2.24) is 0 Å². The van der Waals surface area contributed by atoms with Gasteiger partial charge in [0.1, 0.15) is 17.3 Å². The van der Waals surface area contributed by atoms with E-state index in [0.29, 0.717) is 5.02 Å². The van der Waals surface area contributed by atoms with Crippen LogP contribution in [0.5, 0.6) is 5.75 Å². The van der Waals surface area contributed by atoms with Gasteiger partial charge in [-0.3, -0.25) is 14.5 Å². The van der Waals surface area contributed by atoms with E-state index in [1.807, 2.05) is 0 Å². The summed E-state index contributed by atoms with van der Waals surface area (Å²) < 4.78 is 14.8. The average molecular weight is 424 g/mol. The second-order valence-corrected chi connectivity index (χ2v) is 7.13. The van der Waals surface area contributed by atoms with Gasteiger partial charge in [0.25, 0.3) is 11.7 Å². The van der Waals surface area contributed by atoms with Crippen LogP contribution in [-0.2, 0) is 9.59 Å². The average Bonchev–Trinajstić information content (AvgIpc) is 2.99. The highest BCUT2D eigenvalue weighted by atomic mass is 35.5. The van der Waals surface area contributed by atoms with Crippen molar-refractivity contribution < 1.29 is 24.2 Å². The van der Waals surface area contributed by atoms with Gasteiger partial charge in [-0.15, -0.1) is 0 Å². The van der Waals surface area contributed by atoms with Gasteiger partial charge in [-0.05, 0) is 30.3 Å². The van der Waals surface area contributed by atoms with Crippen molar-refractivity contribution in [2.45, 2.75) is 6.04 Å². The van der Waals surface area contributed by atoms with E-state index in [2.05, 4.69) is 0 Å². The van der Waals surface area contributed by atoms with Gasteiger partial charge in [0.2, 0.25) is 0 Å². The lowest BCUT2D eigenvalue weighted by Crippen LogP contribution is -2.29. The predicted molar refractivity (Wildman–Crippen MR) is 111 cm³/mol. The Labute approximate surface area is 176 Å². The Morgan fingerprint density at radius 3 is 2.37 bits per heavy atom. The van der Waals surface area contributed by atoms with Gasteiger partial charge >= 0.3 is 0 Å². The third-order valence-corrected chi connectivity index (χ3v) is 5.12. The smallest absolute Gasteiger partial charge is 0.300 e. The molecule has 1 heterocycles. The molecule has 1 aliphatic rings. The minimum absolute atomic E-state index is 0.00327. The quantitative estimate of drug-likeness (QED) is 0.360. The van der Waals surface area contributed by atoms with Crippen LogP contribution < -0.4 is 4.90 Å². The number of nitrogens with zero attached hydrogens (tertiary/aromatic N) is 1. The predicted octanol–water partition coefficient (Wildman–Crippen LogP) is 4.81. The summed E-state index contributed by atoms with van der Waals surface area (Å²) in [6.45, 7) is 0. The largest absolute Gasteiger partial charge is 0.507 e. The Morgan fingerprint density at radius 2 is 1.67 bits per heavy atom. The number of aromatic hydroxyl groups is 1. The summed E-state index contributed by atoms with van der Waals surface area (Å²) in [5, 5.41) is 21.5. The first-order valence-corrected chi connectivity index (χ1v) is 9.37.